The Kier molecular flexibility index (Phi) is 4.92. The molecule has 0 heterocycles. The third-order valence-corrected chi connectivity index (χ3v) is 2.62. The number of aliphatic hydroxyl groups excluding tert-OH is 1. The topological polar surface area (TPSA) is 63.4 Å². The molecule has 0 amide bonds. The van der Waals surface area contributed by atoms with Crippen LogP contribution in [0.1, 0.15) is 31.2 Å². The van der Waals surface area contributed by atoms with E-state index in [9.17, 15) is 15.2 Å². The number of hydrogen-bond acceptors (Lipinski definition) is 3. The first-order chi connectivity index (χ1) is 7.65. The minimum atomic E-state index is -0.641. The maximum atomic E-state index is 10.6. The van der Waals surface area contributed by atoms with Crippen molar-refractivity contribution in [1.82, 2.24) is 0 Å². The van der Waals surface area contributed by atoms with Crippen LogP contribution < -0.4 is 0 Å². The molecule has 1 N–H and O–H groups in total. The third kappa shape index (κ3) is 3.62. The molecule has 2 atom stereocenters. The van der Waals surface area contributed by atoms with Gasteiger partial charge >= 0.3 is 0 Å². The molecule has 1 rings (SSSR count). The Labute approximate surface area is 95.1 Å². The Morgan fingerprint density at radius 2 is 2.00 bits per heavy atom. The van der Waals surface area contributed by atoms with Crippen molar-refractivity contribution in [3.63, 3.8) is 0 Å². The van der Waals surface area contributed by atoms with Crippen LogP contribution in [0.5, 0.6) is 0 Å². The molecule has 0 saturated heterocycles. The lowest BCUT2D eigenvalue weighted by atomic mass is 9.91. The lowest BCUT2D eigenvalue weighted by Gasteiger charge is -2.19. The quantitative estimate of drug-likeness (QED) is 0.594. The first-order valence-corrected chi connectivity index (χ1v) is 5.50. The molecule has 0 aliphatic rings. The van der Waals surface area contributed by atoms with E-state index in [0.29, 0.717) is 6.42 Å². The van der Waals surface area contributed by atoms with Crippen LogP contribution in [0.3, 0.4) is 0 Å². The molecule has 0 aliphatic carbocycles. The lowest BCUT2D eigenvalue weighted by Crippen LogP contribution is -2.25. The summed E-state index contributed by atoms with van der Waals surface area (Å²) >= 11 is 0. The van der Waals surface area contributed by atoms with Gasteiger partial charge in [-0.3, -0.25) is 10.1 Å². The van der Waals surface area contributed by atoms with Gasteiger partial charge in [-0.25, -0.2) is 0 Å². The lowest BCUT2D eigenvalue weighted by molar-refractivity contribution is -0.485. The largest absolute Gasteiger partial charge is 0.392 e. The Bertz CT molecular complexity index is 326. The predicted octanol–water partition coefficient (Wildman–Crippen LogP) is 2.21. The van der Waals surface area contributed by atoms with Crippen molar-refractivity contribution in [3.05, 3.63) is 46.0 Å². The molecule has 0 spiro atoms. The molecule has 1 unspecified atom stereocenters. The van der Waals surface area contributed by atoms with Crippen molar-refractivity contribution >= 4 is 0 Å². The highest BCUT2D eigenvalue weighted by molar-refractivity contribution is 5.20. The van der Waals surface area contributed by atoms with E-state index in [0.717, 1.165) is 12.0 Å². The summed E-state index contributed by atoms with van der Waals surface area (Å²) in [7, 11) is 0. The summed E-state index contributed by atoms with van der Waals surface area (Å²) in [4.78, 5) is 10.2. The minimum Gasteiger partial charge on any atom is -0.392 e. The fourth-order valence-electron chi connectivity index (χ4n) is 1.81. The van der Waals surface area contributed by atoms with Gasteiger partial charge in [0, 0.05) is 4.92 Å². The van der Waals surface area contributed by atoms with E-state index in [2.05, 4.69) is 0 Å². The second kappa shape index (κ2) is 6.23. The highest BCUT2D eigenvalue weighted by Gasteiger charge is 2.25. The maximum absolute atomic E-state index is 10.6. The van der Waals surface area contributed by atoms with Gasteiger partial charge in [0.25, 0.3) is 0 Å². The van der Waals surface area contributed by atoms with Gasteiger partial charge < -0.3 is 5.11 Å². The van der Waals surface area contributed by atoms with Gasteiger partial charge in [-0.2, -0.15) is 0 Å². The molecule has 0 aromatic heterocycles. The third-order valence-electron chi connectivity index (χ3n) is 2.62. The molecule has 0 bridgehead atoms. The molecule has 0 radical (unpaired) electrons. The highest BCUT2D eigenvalue weighted by atomic mass is 16.6. The number of hydrogen-bond donors (Lipinski definition) is 1. The summed E-state index contributed by atoms with van der Waals surface area (Å²) in [6.45, 7) is 1.74. The van der Waals surface area contributed by atoms with E-state index in [4.69, 9.17) is 0 Å². The van der Waals surface area contributed by atoms with Gasteiger partial charge in [-0.15, -0.1) is 0 Å². The van der Waals surface area contributed by atoms with Gasteiger partial charge in [0.15, 0.2) is 0 Å². The van der Waals surface area contributed by atoms with E-state index < -0.39 is 12.0 Å². The molecule has 88 valence electrons. The van der Waals surface area contributed by atoms with Gasteiger partial charge in [0.2, 0.25) is 6.54 Å². The molecule has 0 saturated carbocycles. The first-order valence-electron chi connectivity index (χ1n) is 5.50. The highest BCUT2D eigenvalue weighted by Crippen LogP contribution is 2.22. The van der Waals surface area contributed by atoms with E-state index >= 15 is 0 Å². The summed E-state index contributed by atoms with van der Waals surface area (Å²) in [5.41, 5.74) is 0.833. The fraction of sp³-hybridized carbons (Fsp3) is 0.500. The van der Waals surface area contributed by atoms with Crippen LogP contribution >= 0.6 is 0 Å². The summed E-state index contributed by atoms with van der Waals surface area (Å²) in [5.74, 6) is -0.406. The van der Waals surface area contributed by atoms with Crippen LogP contribution in [0.15, 0.2) is 30.3 Å². The Balaban J connectivity index is 2.82. The monoisotopic (exact) mass is 223 g/mol. The number of benzene rings is 1. The first kappa shape index (κ1) is 12.6. The summed E-state index contributed by atoms with van der Waals surface area (Å²) in [6.07, 6.45) is 0.771. The molecule has 1 aromatic rings. The molecule has 16 heavy (non-hydrogen) atoms. The molecule has 1 aromatic carbocycles. The number of aliphatic hydroxyl groups is 1. The summed E-state index contributed by atoms with van der Waals surface area (Å²) in [5, 5.41) is 20.5. The molecule has 4 nitrogen and oxygen atoms in total. The smallest absolute Gasteiger partial charge is 0.213 e. The van der Waals surface area contributed by atoms with Crippen LogP contribution in [-0.4, -0.2) is 22.7 Å². The van der Waals surface area contributed by atoms with Crippen LogP contribution in [0, 0.1) is 10.1 Å². The van der Waals surface area contributed by atoms with Crippen LogP contribution in [0.4, 0.5) is 0 Å². The van der Waals surface area contributed by atoms with Crippen molar-refractivity contribution in [1.29, 1.82) is 0 Å². The average Bonchev–Trinajstić information content (AvgIpc) is 2.27. The SMILES string of the molecule is CCC[C@@H](O)C(C[N+](=O)[O-])c1ccccc1. The van der Waals surface area contributed by atoms with Crippen molar-refractivity contribution in [3.8, 4) is 0 Å². The van der Waals surface area contributed by atoms with Crippen molar-refractivity contribution in [2.75, 3.05) is 6.54 Å². The number of rotatable bonds is 6. The Hall–Kier alpha value is -1.42. The number of nitrogens with zero attached hydrogens (tertiary/aromatic N) is 1. The molecular formula is C12H17NO3. The van der Waals surface area contributed by atoms with E-state index in [1.807, 2.05) is 37.3 Å². The zero-order valence-corrected chi connectivity index (χ0v) is 9.37. The van der Waals surface area contributed by atoms with E-state index in [1.165, 1.54) is 0 Å². The molecule has 0 fully saturated rings. The van der Waals surface area contributed by atoms with Gasteiger partial charge in [-0.1, -0.05) is 43.7 Å². The zero-order valence-electron chi connectivity index (χ0n) is 9.37. The molecular weight excluding hydrogens is 206 g/mol. The second-order valence-electron chi connectivity index (χ2n) is 3.89. The molecule has 4 heteroatoms. The van der Waals surface area contributed by atoms with Gasteiger partial charge in [0.1, 0.15) is 0 Å². The fourth-order valence-corrected chi connectivity index (χ4v) is 1.81. The zero-order chi connectivity index (χ0) is 12.0. The van der Waals surface area contributed by atoms with Crippen molar-refractivity contribution in [2.24, 2.45) is 0 Å². The number of nitro groups is 1. The maximum Gasteiger partial charge on any atom is 0.213 e. The molecule has 0 aliphatic heterocycles. The standard InChI is InChI=1S/C12H17NO3/c1-2-6-12(14)11(9-13(15)16)10-7-4-3-5-8-10/h3-5,7-8,11-12,14H,2,6,9H2,1H3/t11?,12-/m1/s1. The predicted molar refractivity (Wildman–Crippen MR) is 62.0 cm³/mol. The second-order valence-corrected chi connectivity index (χ2v) is 3.89. The van der Waals surface area contributed by atoms with E-state index in [1.54, 1.807) is 0 Å². The average molecular weight is 223 g/mol. The summed E-state index contributed by atoms with van der Waals surface area (Å²) in [6, 6.07) is 9.18. The van der Waals surface area contributed by atoms with Crippen LogP contribution in [0.2, 0.25) is 0 Å². The Morgan fingerprint density at radius 1 is 1.38 bits per heavy atom. The summed E-state index contributed by atoms with van der Waals surface area (Å²) < 4.78 is 0. The minimum absolute atomic E-state index is 0.217. The van der Waals surface area contributed by atoms with Crippen LogP contribution in [-0.2, 0) is 0 Å². The Morgan fingerprint density at radius 3 is 2.50 bits per heavy atom. The normalized spacial score (nSPS) is 14.4. The van der Waals surface area contributed by atoms with Crippen molar-refractivity contribution < 1.29 is 10.0 Å². The van der Waals surface area contributed by atoms with Crippen LogP contribution in [0.25, 0.3) is 0 Å². The van der Waals surface area contributed by atoms with Crippen molar-refractivity contribution in [2.45, 2.75) is 31.8 Å². The van der Waals surface area contributed by atoms with Gasteiger partial charge in [-0.05, 0) is 12.0 Å². The van der Waals surface area contributed by atoms with Gasteiger partial charge in [0.05, 0.1) is 12.0 Å². The van der Waals surface area contributed by atoms with E-state index in [-0.39, 0.29) is 11.5 Å².